The van der Waals surface area contributed by atoms with Gasteiger partial charge in [0.15, 0.2) is 0 Å². The van der Waals surface area contributed by atoms with Crippen molar-refractivity contribution in [2.45, 2.75) is 39.8 Å². The van der Waals surface area contributed by atoms with Gasteiger partial charge in [-0.15, -0.1) is 0 Å². The van der Waals surface area contributed by atoms with E-state index in [0.717, 1.165) is 0 Å². The van der Waals surface area contributed by atoms with E-state index in [2.05, 4.69) is 5.32 Å². The number of rotatable bonds is 8. The van der Waals surface area contributed by atoms with Crippen LogP contribution in [0, 0.1) is 0 Å². The number of nitrogens with one attached hydrogen (secondary N) is 1. The highest BCUT2D eigenvalue weighted by Crippen LogP contribution is 2.16. The van der Waals surface area contributed by atoms with E-state index in [0.29, 0.717) is 11.4 Å². The number of carbonyl (C=O) groups is 2. The molecule has 0 aliphatic rings. The minimum Gasteiger partial charge on any atom is -0.497 e. The standard InChI is InChI=1S/C18H29N3O3/c1-13(2)21(14(3)4)18(23)12-20(5)11-17(22)19-15-8-7-9-16(10-15)24-6/h7-10,13-14H,11-12H2,1-6H3,(H,19,22). The largest absolute Gasteiger partial charge is 0.497 e. The van der Waals surface area contributed by atoms with Crippen molar-refractivity contribution in [3.63, 3.8) is 0 Å². The zero-order valence-corrected chi connectivity index (χ0v) is 15.5. The molecular formula is C18H29N3O3. The van der Waals surface area contributed by atoms with Crippen LogP contribution >= 0.6 is 0 Å². The molecule has 0 atom stereocenters. The molecule has 0 aliphatic heterocycles. The summed E-state index contributed by atoms with van der Waals surface area (Å²) < 4.78 is 5.13. The van der Waals surface area contributed by atoms with Crippen LogP contribution in [-0.2, 0) is 9.59 Å². The zero-order valence-electron chi connectivity index (χ0n) is 15.5. The third kappa shape index (κ3) is 6.20. The van der Waals surface area contributed by atoms with Gasteiger partial charge in [-0.2, -0.15) is 0 Å². The van der Waals surface area contributed by atoms with E-state index in [1.54, 1.807) is 31.2 Å². The lowest BCUT2D eigenvalue weighted by Gasteiger charge is -2.32. The summed E-state index contributed by atoms with van der Waals surface area (Å²) in [5, 5.41) is 2.81. The van der Waals surface area contributed by atoms with Crippen LogP contribution in [0.15, 0.2) is 24.3 Å². The van der Waals surface area contributed by atoms with Gasteiger partial charge in [-0.3, -0.25) is 14.5 Å². The normalized spacial score (nSPS) is 11.0. The van der Waals surface area contributed by atoms with Crippen molar-refractivity contribution in [1.29, 1.82) is 0 Å². The molecule has 0 bridgehead atoms. The minimum atomic E-state index is -0.167. The smallest absolute Gasteiger partial charge is 0.238 e. The predicted molar refractivity (Wildman–Crippen MR) is 96.2 cm³/mol. The highest BCUT2D eigenvalue weighted by Gasteiger charge is 2.21. The summed E-state index contributed by atoms with van der Waals surface area (Å²) in [5.41, 5.74) is 0.671. The maximum atomic E-state index is 12.4. The van der Waals surface area contributed by atoms with E-state index in [4.69, 9.17) is 4.74 Å². The third-order valence-electron chi connectivity index (χ3n) is 3.57. The molecule has 1 aromatic rings. The first-order valence-electron chi connectivity index (χ1n) is 8.18. The molecule has 134 valence electrons. The lowest BCUT2D eigenvalue weighted by Crippen LogP contribution is -2.47. The van der Waals surface area contributed by atoms with Crippen LogP contribution in [0.1, 0.15) is 27.7 Å². The number of benzene rings is 1. The Hall–Kier alpha value is -2.08. The lowest BCUT2D eigenvalue weighted by molar-refractivity contribution is -0.135. The Morgan fingerprint density at radius 1 is 1.12 bits per heavy atom. The SMILES string of the molecule is COc1cccc(NC(=O)CN(C)CC(=O)N(C(C)C)C(C)C)c1. The fourth-order valence-corrected chi connectivity index (χ4v) is 2.69. The van der Waals surface area contributed by atoms with Gasteiger partial charge >= 0.3 is 0 Å². The van der Waals surface area contributed by atoms with Gasteiger partial charge in [0, 0.05) is 23.8 Å². The molecule has 1 N–H and O–H groups in total. The van der Waals surface area contributed by atoms with Crippen molar-refractivity contribution in [2.75, 3.05) is 32.6 Å². The zero-order chi connectivity index (χ0) is 18.3. The van der Waals surface area contributed by atoms with Gasteiger partial charge in [0.2, 0.25) is 11.8 Å². The second-order valence-electron chi connectivity index (χ2n) is 6.44. The summed E-state index contributed by atoms with van der Waals surface area (Å²) >= 11 is 0. The molecular weight excluding hydrogens is 306 g/mol. The average molecular weight is 335 g/mol. The van der Waals surface area contributed by atoms with Crippen LogP contribution in [0.25, 0.3) is 0 Å². The van der Waals surface area contributed by atoms with Crippen LogP contribution < -0.4 is 10.1 Å². The van der Waals surface area contributed by atoms with Crippen molar-refractivity contribution in [3.05, 3.63) is 24.3 Å². The number of hydrogen-bond acceptors (Lipinski definition) is 4. The van der Waals surface area contributed by atoms with Gasteiger partial charge in [-0.25, -0.2) is 0 Å². The summed E-state index contributed by atoms with van der Waals surface area (Å²) in [6.45, 7) is 8.33. The molecule has 0 aromatic heterocycles. The Balaban J connectivity index is 2.55. The third-order valence-corrected chi connectivity index (χ3v) is 3.57. The van der Waals surface area contributed by atoms with E-state index >= 15 is 0 Å². The van der Waals surface area contributed by atoms with Crippen LogP contribution in [-0.4, -0.2) is 60.9 Å². The van der Waals surface area contributed by atoms with Gasteiger partial charge in [0.25, 0.3) is 0 Å². The first kappa shape index (κ1) is 20.0. The maximum Gasteiger partial charge on any atom is 0.238 e. The molecule has 1 rings (SSSR count). The second kappa shape index (κ2) is 9.27. The molecule has 0 heterocycles. The van der Waals surface area contributed by atoms with Crippen molar-refractivity contribution in [1.82, 2.24) is 9.80 Å². The summed E-state index contributed by atoms with van der Waals surface area (Å²) in [7, 11) is 3.34. The predicted octanol–water partition coefficient (Wildman–Crippen LogP) is 2.21. The first-order valence-corrected chi connectivity index (χ1v) is 8.18. The molecule has 24 heavy (non-hydrogen) atoms. The quantitative estimate of drug-likeness (QED) is 0.791. The minimum absolute atomic E-state index is 0.0247. The Morgan fingerprint density at radius 2 is 1.75 bits per heavy atom. The van der Waals surface area contributed by atoms with Crippen LogP contribution in [0.3, 0.4) is 0 Å². The highest BCUT2D eigenvalue weighted by molar-refractivity contribution is 5.92. The van der Waals surface area contributed by atoms with Gasteiger partial charge < -0.3 is 15.0 Å². The first-order chi connectivity index (χ1) is 11.2. The highest BCUT2D eigenvalue weighted by atomic mass is 16.5. The Kier molecular flexibility index (Phi) is 7.71. The number of anilines is 1. The molecule has 0 fully saturated rings. The fourth-order valence-electron chi connectivity index (χ4n) is 2.69. The summed E-state index contributed by atoms with van der Waals surface area (Å²) in [5.74, 6) is 0.539. The molecule has 2 amide bonds. The number of amides is 2. The second-order valence-corrected chi connectivity index (χ2v) is 6.44. The molecule has 0 radical (unpaired) electrons. The number of ether oxygens (including phenoxy) is 1. The van der Waals surface area contributed by atoms with E-state index in [1.807, 2.05) is 44.7 Å². The molecule has 0 unspecified atom stereocenters. The fraction of sp³-hybridized carbons (Fsp3) is 0.556. The molecule has 1 aromatic carbocycles. The van der Waals surface area contributed by atoms with Crippen molar-refractivity contribution >= 4 is 17.5 Å². The summed E-state index contributed by atoms with van der Waals surface area (Å²) in [6, 6.07) is 7.44. The summed E-state index contributed by atoms with van der Waals surface area (Å²) in [6.07, 6.45) is 0. The maximum absolute atomic E-state index is 12.4. The van der Waals surface area contributed by atoms with Crippen LogP contribution in [0.4, 0.5) is 5.69 Å². The molecule has 6 heteroatoms. The number of nitrogens with zero attached hydrogens (tertiary/aromatic N) is 2. The molecule has 0 saturated heterocycles. The number of methoxy groups -OCH3 is 1. The van der Waals surface area contributed by atoms with E-state index in [9.17, 15) is 9.59 Å². The van der Waals surface area contributed by atoms with E-state index in [1.165, 1.54) is 0 Å². The van der Waals surface area contributed by atoms with Gasteiger partial charge in [0.1, 0.15) is 5.75 Å². The van der Waals surface area contributed by atoms with Gasteiger partial charge in [0.05, 0.1) is 20.2 Å². The van der Waals surface area contributed by atoms with Crippen LogP contribution in [0.2, 0.25) is 0 Å². The van der Waals surface area contributed by atoms with E-state index in [-0.39, 0.29) is 37.0 Å². The average Bonchev–Trinajstić information content (AvgIpc) is 2.45. The molecule has 6 nitrogen and oxygen atoms in total. The Morgan fingerprint density at radius 3 is 2.29 bits per heavy atom. The lowest BCUT2D eigenvalue weighted by atomic mass is 10.2. The number of carbonyl (C=O) groups excluding carboxylic acids is 2. The molecule has 0 aliphatic carbocycles. The summed E-state index contributed by atoms with van der Waals surface area (Å²) in [4.78, 5) is 28.1. The van der Waals surface area contributed by atoms with Crippen molar-refractivity contribution < 1.29 is 14.3 Å². The number of likely N-dealkylation sites (N-methyl/N-ethyl adjacent to an activating group) is 1. The van der Waals surface area contributed by atoms with Crippen molar-refractivity contribution in [3.8, 4) is 5.75 Å². The van der Waals surface area contributed by atoms with E-state index < -0.39 is 0 Å². The Bertz CT molecular complexity index is 550. The molecule has 0 spiro atoms. The van der Waals surface area contributed by atoms with Gasteiger partial charge in [-0.05, 0) is 46.9 Å². The van der Waals surface area contributed by atoms with Gasteiger partial charge in [-0.1, -0.05) is 6.07 Å². The van der Waals surface area contributed by atoms with Crippen LogP contribution in [0.5, 0.6) is 5.75 Å². The molecule has 0 saturated carbocycles. The van der Waals surface area contributed by atoms with Crippen molar-refractivity contribution in [2.24, 2.45) is 0 Å². The monoisotopic (exact) mass is 335 g/mol. The number of hydrogen-bond donors (Lipinski definition) is 1. The Labute approximate surface area is 144 Å². The topological polar surface area (TPSA) is 61.9 Å².